The molecule has 86 valence electrons. The van der Waals surface area contributed by atoms with Crippen molar-refractivity contribution in [2.24, 2.45) is 0 Å². The fourth-order valence-electron chi connectivity index (χ4n) is 1.01. The molecule has 0 N–H and O–H groups in total. The van der Waals surface area contributed by atoms with E-state index in [0.717, 1.165) is 0 Å². The van der Waals surface area contributed by atoms with Crippen LogP contribution in [0.2, 0.25) is 25.1 Å². The maximum Gasteiger partial charge on any atom is 0.145 e. The van der Waals surface area contributed by atoms with Crippen LogP contribution in [0.3, 0.4) is 0 Å². The Hall–Kier alpha value is 0.0800. The molecule has 1 nitrogen and oxygen atoms in total. The average molecular weight is 318 g/mol. The van der Waals surface area contributed by atoms with Crippen molar-refractivity contribution in [1.29, 1.82) is 0 Å². The van der Waals surface area contributed by atoms with E-state index in [0.29, 0.717) is 17.4 Å². The van der Waals surface area contributed by atoms with Crippen LogP contribution in [0.1, 0.15) is 12.5 Å². The zero-order valence-electron chi connectivity index (χ0n) is 7.95. The van der Waals surface area contributed by atoms with E-state index >= 15 is 0 Å². The van der Waals surface area contributed by atoms with Crippen LogP contribution in [0.5, 0.6) is 0 Å². The number of aldehydes is 1. The molecule has 0 saturated heterocycles. The predicted octanol–water partition coefficient (Wildman–Crippen LogP) is 5.56. The Morgan fingerprint density at radius 2 is 1.25 bits per heavy atom. The SMILES string of the molecule is CC(C=O)=Cc1c(Cl)c(Cl)c(Cl)c(Cl)c1Cl. The second-order valence-corrected chi connectivity index (χ2v) is 4.88. The molecule has 0 amide bonds. The standard InChI is InChI=1S/C10H5Cl5O/c1-4(3-16)2-5-6(11)8(13)10(15)9(14)7(5)12/h2-3H,1H3. The number of carbonyl (C=O) groups excluding carboxylic acids is 1. The van der Waals surface area contributed by atoms with E-state index < -0.39 is 0 Å². The molecular weight excluding hydrogens is 313 g/mol. The molecule has 0 heterocycles. The lowest BCUT2D eigenvalue weighted by molar-refractivity contribution is -0.104. The van der Waals surface area contributed by atoms with Gasteiger partial charge in [0.25, 0.3) is 0 Å². The van der Waals surface area contributed by atoms with Gasteiger partial charge in [-0.25, -0.2) is 0 Å². The highest BCUT2D eigenvalue weighted by Crippen LogP contribution is 2.44. The molecule has 1 aromatic carbocycles. The van der Waals surface area contributed by atoms with Crippen LogP contribution >= 0.6 is 58.0 Å². The third-order valence-electron chi connectivity index (χ3n) is 1.80. The fourth-order valence-corrected chi connectivity index (χ4v) is 2.27. The molecule has 0 atom stereocenters. The van der Waals surface area contributed by atoms with Crippen LogP contribution in [0, 0.1) is 0 Å². The van der Waals surface area contributed by atoms with Crippen LogP contribution < -0.4 is 0 Å². The third kappa shape index (κ3) is 2.66. The molecule has 0 unspecified atom stereocenters. The summed E-state index contributed by atoms with van der Waals surface area (Å²) >= 11 is 29.4. The van der Waals surface area contributed by atoms with Gasteiger partial charge in [-0.15, -0.1) is 0 Å². The lowest BCUT2D eigenvalue weighted by atomic mass is 10.1. The molecule has 1 rings (SSSR count). The van der Waals surface area contributed by atoms with Gasteiger partial charge in [0.15, 0.2) is 0 Å². The molecule has 0 aliphatic carbocycles. The van der Waals surface area contributed by atoms with Gasteiger partial charge in [0.05, 0.1) is 25.1 Å². The number of hydrogen-bond donors (Lipinski definition) is 0. The molecule has 6 heteroatoms. The van der Waals surface area contributed by atoms with Crippen LogP contribution in [0.25, 0.3) is 6.08 Å². The van der Waals surface area contributed by atoms with Gasteiger partial charge in [0.2, 0.25) is 0 Å². The smallest absolute Gasteiger partial charge is 0.145 e. The van der Waals surface area contributed by atoms with Gasteiger partial charge in [-0.3, -0.25) is 4.79 Å². The topological polar surface area (TPSA) is 17.1 Å². The van der Waals surface area contributed by atoms with Crippen molar-refractivity contribution in [3.8, 4) is 0 Å². The van der Waals surface area contributed by atoms with Crippen molar-refractivity contribution in [3.63, 3.8) is 0 Å². The van der Waals surface area contributed by atoms with E-state index in [2.05, 4.69) is 0 Å². The van der Waals surface area contributed by atoms with Gasteiger partial charge in [0, 0.05) is 5.56 Å². The Morgan fingerprint density at radius 1 is 0.875 bits per heavy atom. The van der Waals surface area contributed by atoms with Crippen molar-refractivity contribution in [1.82, 2.24) is 0 Å². The zero-order chi connectivity index (χ0) is 12.5. The Bertz CT molecular complexity index is 450. The Kier molecular flexibility index (Phi) is 4.96. The van der Waals surface area contributed by atoms with Gasteiger partial charge in [-0.05, 0) is 18.6 Å². The van der Waals surface area contributed by atoms with E-state index in [-0.39, 0.29) is 25.1 Å². The summed E-state index contributed by atoms with van der Waals surface area (Å²) in [6, 6.07) is 0. The zero-order valence-corrected chi connectivity index (χ0v) is 11.7. The molecule has 0 aromatic heterocycles. The van der Waals surface area contributed by atoms with Crippen LogP contribution in [-0.2, 0) is 4.79 Å². The highest BCUT2D eigenvalue weighted by Gasteiger charge is 2.17. The molecule has 16 heavy (non-hydrogen) atoms. The molecule has 0 fully saturated rings. The van der Waals surface area contributed by atoms with E-state index in [1.807, 2.05) is 0 Å². The molecule has 0 radical (unpaired) electrons. The quantitative estimate of drug-likeness (QED) is 0.302. The number of benzene rings is 1. The van der Waals surface area contributed by atoms with E-state index in [4.69, 9.17) is 58.0 Å². The minimum Gasteiger partial charge on any atom is -0.298 e. The van der Waals surface area contributed by atoms with Crippen molar-refractivity contribution < 1.29 is 4.79 Å². The summed E-state index contributed by atoms with van der Waals surface area (Å²) in [4.78, 5) is 10.5. The number of allylic oxidation sites excluding steroid dienone is 1. The van der Waals surface area contributed by atoms with E-state index in [9.17, 15) is 4.79 Å². The van der Waals surface area contributed by atoms with Gasteiger partial charge < -0.3 is 0 Å². The average Bonchev–Trinajstić information content (AvgIpc) is 2.29. The van der Waals surface area contributed by atoms with Crippen molar-refractivity contribution in [2.45, 2.75) is 6.92 Å². The summed E-state index contributed by atoms with van der Waals surface area (Å²) in [5.41, 5.74) is 0.825. The molecular formula is C10H5Cl5O. The van der Waals surface area contributed by atoms with Crippen LogP contribution in [-0.4, -0.2) is 6.29 Å². The highest BCUT2D eigenvalue weighted by molar-refractivity contribution is 6.55. The normalized spacial score (nSPS) is 11.8. The molecule has 1 aromatic rings. The number of rotatable bonds is 2. The first kappa shape index (κ1) is 14.1. The molecule has 0 bridgehead atoms. The second kappa shape index (κ2) is 5.61. The first-order chi connectivity index (χ1) is 7.40. The first-order valence-corrected chi connectivity index (χ1v) is 5.94. The van der Waals surface area contributed by atoms with Crippen LogP contribution in [0.15, 0.2) is 5.57 Å². The van der Waals surface area contributed by atoms with Crippen molar-refractivity contribution in [2.75, 3.05) is 0 Å². The highest BCUT2D eigenvalue weighted by atomic mass is 35.5. The minimum atomic E-state index is 0.0965. The number of halogens is 5. The molecule has 0 aliphatic heterocycles. The third-order valence-corrected chi connectivity index (χ3v) is 4.11. The maximum atomic E-state index is 10.5. The second-order valence-electron chi connectivity index (χ2n) is 2.99. The van der Waals surface area contributed by atoms with E-state index in [1.54, 1.807) is 6.92 Å². The maximum absolute atomic E-state index is 10.5. The number of hydrogen-bond acceptors (Lipinski definition) is 1. The Labute approximate surface area is 118 Å². The fraction of sp³-hybridized carbons (Fsp3) is 0.100. The van der Waals surface area contributed by atoms with Crippen molar-refractivity contribution >= 4 is 70.4 Å². The predicted molar refractivity (Wildman–Crippen MR) is 71.2 cm³/mol. The van der Waals surface area contributed by atoms with Crippen molar-refractivity contribution in [3.05, 3.63) is 36.2 Å². The number of carbonyl (C=O) groups is 1. The minimum absolute atomic E-state index is 0.0965. The summed E-state index contributed by atoms with van der Waals surface area (Å²) in [5.74, 6) is 0. The lowest BCUT2D eigenvalue weighted by Crippen LogP contribution is -1.86. The monoisotopic (exact) mass is 316 g/mol. The van der Waals surface area contributed by atoms with Gasteiger partial charge in [-0.1, -0.05) is 58.0 Å². The van der Waals surface area contributed by atoms with E-state index in [1.165, 1.54) is 6.08 Å². The van der Waals surface area contributed by atoms with Gasteiger partial charge in [-0.2, -0.15) is 0 Å². The van der Waals surface area contributed by atoms with Gasteiger partial charge in [0.1, 0.15) is 6.29 Å². The first-order valence-electron chi connectivity index (χ1n) is 4.05. The lowest BCUT2D eigenvalue weighted by Gasteiger charge is -2.09. The summed E-state index contributed by atoms with van der Waals surface area (Å²) < 4.78 is 0. The summed E-state index contributed by atoms with van der Waals surface area (Å²) in [6.07, 6.45) is 2.16. The molecule has 0 saturated carbocycles. The molecule has 0 aliphatic rings. The summed E-state index contributed by atoms with van der Waals surface area (Å²) in [6.45, 7) is 1.61. The van der Waals surface area contributed by atoms with Crippen LogP contribution in [0.4, 0.5) is 0 Å². The largest absolute Gasteiger partial charge is 0.298 e. The Morgan fingerprint density at radius 3 is 1.62 bits per heavy atom. The molecule has 0 spiro atoms. The summed E-state index contributed by atoms with van der Waals surface area (Å²) in [5, 5.41) is 0.661. The Balaban J connectivity index is 3.58. The van der Waals surface area contributed by atoms with Gasteiger partial charge >= 0.3 is 0 Å². The summed E-state index contributed by atoms with van der Waals surface area (Å²) in [7, 11) is 0.